The van der Waals surface area contributed by atoms with Gasteiger partial charge in [-0.1, -0.05) is 30.3 Å². The van der Waals surface area contributed by atoms with Gasteiger partial charge in [-0.2, -0.15) is 0 Å². The molecule has 0 aromatic heterocycles. The SMILES string of the molecule is CS(=O)(=O)Nc1cccc(CNC(=O)CCN2C(=O)CCc3ccccc32)c1. The highest BCUT2D eigenvalue weighted by Gasteiger charge is 2.23. The van der Waals surface area contributed by atoms with E-state index in [1.165, 1.54) is 0 Å². The Morgan fingerprint density at radius 1 is 1.11 bits per heavy atom. The molecule has 2 amide bonds. The molecule has 7 nitrogen and oxygen atoms in total. The summed E-state index contributed by atoms with van der Waals surface area (Å²) in [4.78, 5) is 26.1. The summed E-state index contributed by atoms with van der Waals surface area (Å²) < 4.78 is 25.0. The molecule has 148 valence electrons. The van der Waals surface area contributed by atoms with Crippen molar-refractivity contribution in [2.24, 2.45) is 0 Å². The number of carbonyl (C=O) groups excluding carboxylic acids is 2. The molecule has 0 saturated carbocycles. The third-order valence-electron chi connectivity index (χ3n) is 4.47. The molecule has 2 N–H and O–H groups in total. The van der Waals surface area contributed by atoms with Gasteiger partial charge in [0.05, 0.1) is 6.26 Å². The lowest BCUT2D eigenvalue weighted by Crippen LogP contribution is -2.38. The number of anilines is 2. The summed E-state index contributed by atoms with van der Waals surface area (Å²) in [6.07, 6.45) is 2.47. The van der Waals surface area contributed by atoms with Gasteiger partial charge in [-0.25, -0.2) is 8.42 Å². The van der Waals surface area contributed by atoms with Gasteiger partial charge in [0.2, 0.25) is 21.8 Å². The topological polar surface area (TPSA) is 95.6 Å². The molecule has 8 heteroatoms. The lowest BCUT2D eigenvalue weighted by molar-refractivity contribution is -0.121. The molecule has 2 aromatic rings. The largest absolute Gasteiger partial charge is 0.352 e. The zero-order valence-corrected chi connectivity index (χ0v) is 16.5. The van der Waals surface area contributed by atoms with Crippen LogP contribution in [0.3, 0.4) is 0 Å². The van der Waals surface area contributed by atoms with E-state index in [2.05, 4.69) is 10.0 Å². The number of hydrogen-bond acceptors (Lipinski definition) is 4. The van der Waals surface area contributed by atoms with Crippen LogP contribution in [0.4, 0.5) is 11.4 Å². The molecule has 0 spiro atoms. The number of rotatable bonds is 7. The van der Waals surface area contributed by atoms with Crippen molar-refractivity contribution in [3.63, 3.8) is 0 Å². The van der Waals surface area contributed by atoms with Gasteiger partial charge in [0, 0.05) is 37.3 Å². The average molecular weight is 401 g/mol. The Bertz CT molecular complexity index is 988. The predicted octanol–water partition coefficient (Wildman–Crippen LogP) is 2.04. The summed E-state index contributed by atoms with van der Waals surface area (Å²) in [5.74, 6) is -0.136. The van der Waals surface area contributed by atoms with E-state index in [9.17, 15) is 18.0 Å². The maximum absolute atomic E-state index is 12.2. The minimum Gasteiger partial charge on any atom is -0.352 e. The van der Waals surface area contributed by atoms with E-state index in [0.717, 1.165) is 29.5 Å². The Labute approximate surface area is 164 Å². The van der Waals surface area contributed by atoms with E-state index < -0.39 is 10.0 Å². The van der Waals surface area contributed by atoms with Crippen molar-refractivity contribution < 1.29 is 18.0 Å². The Kier molecular flexibility index (Phi) is 5.99. The van der Waals surface area contributed by atoms with Gasteiger partial charge >= 0.3 is 0 Å². The average Bonchev–Trinajstić information content (AvgIpc) is 2.64. The Morgan fingerprint density at radius 2 is 1.89 bits per heavy atom. The highest BCUT2D eigenvalue weighted by molar-refractivity contribution is 7.92. The lowest BCUT2D eigenvalue weighted by atomic mass is 10.0. The molecular weight excluding hydrogens is 378 g/mol. The van der Waals surface area contributed by atoms with E-state index >= 15 is 0 Å². The highest BCUT2D eigenvalue weighted by atomic mass is 32.2. The molecule has 3 rings (SSSR count). The van der Waals surface area contributed by atoms with Gasteiger partial charge in [-0.15, -0.1) is 0 Å². The van der Waals surface area contributed by atoms with E-state index in [4.69, 9.17) is 0 Å². The molecule has 0 unspecified atom stereocenters. The number of fused-ring (bicyclic) bond motifs is 1. The number of aryl methyl sites for hydroxylation is 1. The van der Waals surface area contributed by atoms with Gasteiger partial charge in [-0.3, -0.25) is 14.3 Å². The van der Waals surface area contributed by atoms with Crippen LogP contribution in [0.2, 0.25) is 0 Å². The predicted molar refractivity (Wildman–Crippen MR) is 108 cm³/mol. The number of benzene rings is 2. The highest BCUT2D eigenvalue weighted by Crippen LogP contribution is 2.27. The third kappa shape index (κ3) is 5.32. The van der Waals surface area contributed by atoms with Crippen molar-refractivity contribution in [2.45, 2.75) is 25.8 Å². The van der Waals surface area contributed by atoms with Crippen molar-refractivity contribution in [1.82, 2.24) is 5.32 Å². The first kappa shape index (κ1) is 19.9. The summed E-state index contributed by atoms with van der Waals surface area (Å²) in [5, 5.41) is 2.81. The van der Waals surface area contributed by atoms with Gasteiger partial charge < -0.3 is 10.2 Å². The van der Waals surface area contributed by atoms with Gasteiger partial charge in [0.15, 0.2) is 0 Å². The summed E-state index contributed by atoms with van der Waals surface area (Å²) >= 11 is 0. The Hall–Kier alpha value is -2.87. The van der Waals surface area contributed by atoms with Crippen LogP contribution >= 0.6 is 0 Å². The first-order valence-corrected chi connectivity index (χ1v) is 10.9. The number of para-hydroxylation sites is 1. The van der Waals surface area contributed by atoms with Crippen LogP contribution in [0, 0.1) is 0 Å². The quantitative estimate of drug-likeness (QED) is 0.742. The first-order chi connectivity index (χ1) is 13.3. The van der Waals surface area contributed by atoms with Crippen molar-refractivity contribution in [1.29, 1.82) is 0 Å². The number of sulfonamides is 1. The van der Waals surface area contributed by atoms with E-state index in [1.54, 1.807) is 29.2 Å². The molecular formula is C20H23N3O4S. The molecule has 0 aliphatic carbocycles. The zero-order chi connectivity index (χ0) is 20.1. The molecule has 0 saturated heterocycles. The molecule has 0 fully saturated rings. The van der Waals surface area contributed by atoms with Gasteiger partial charge in [-0.05, 0) is 35.7 Å². The fourth-order valence-corrected chi connectivity index (χ4v) is 3.76. The van der Waals surface area contributed by atoms with Crippen molar-refractivity contribution in [2.75, 3.05) is 22.4 Å². The fraction of sp³-hybridized carbons (Fsp3) is 0.300. The second kappa shape index (κ2) is 8.43. The molecule has 2 aromatic carbocycles. The van der Waals surface area contributed by atoms with Crippen LogP contribution in [0.15, 0.2) is 48.5 Å². The van der Waals surface area contributed by atoms with Crippen LogP contribution < -0.4 is 14.9 Å². The molecule has 1 aliphatic heterocycles. The maximum atomic E-state index is 12.2. The number of carbonyl (C=O) groups is 2. The number of hydrogen-bond donors (Lipinski definition) is 2. The summed E-state index contributed by atoms with van der Waals surface area (Å²) in [7, 11) is -3.35. The standard InChI is InChI=1S/C20H23N3O4S/c1-28(26,27)22-17-7-4-5-15(13-17)14-21-19(24)11-12-23-18-8-3-2-6-16(18)9-10-20(23)25/h2-8,13,22H,9-12,14H2,1H3,(H,21,24). The maximum Gasteiger partial charge on any atom is 0.229 e. The molecule has 1 heterocycles. The minimum absolute atomic E-state index is 0.0334. The van der Waals surface area contributed by atoms with Crippen molar-refractivity contribution in [3.05, 3.63) is 59.7 Å². The van der Waals surface area contributed by atoms with Crippen molar-refractivity contribution >= 4 is 33.2 Å². The second-order valence-electron chi connectivity index (χ2n) is 6.78. The summed E-state index contributed by atoms with van der Waals surface area (Å²) in [5.41, 5.74) is 3.23. The summed E-state index contributed by atoms with van der Waals surface area (Å²) in [6.45, 7) is 0.611. The number of nitrogens with zero attached hydrogens (tertiary/aromatic N) is 1. The molecule has 28 heavy (non-hydrogen) atoms. The molecule has 0 atom stereocenters. The zero-order valence-electron chi connectivity index (χ0n) is 15.6. The van der Waals surface area contributed by atoms with E-state index in [-0.39, 0.29) is 24.8 Å². The van der Waals surface area contributed by atoms with Crippen LogP contribution in [-0.2, 0) is 32.6 Å². The fourth-order valence-electron chi connectivity index (χ4n) is 3.20. The summed E-state index contributed by atoms with van der Waals surface area (Å²) in [6, 6.07) is 14.6. The second-order valence-corrected chi connectivity index (χ2v) is 8.52. The monoisotopic (exact) mass is 401 g/mol. The number of nitrogens with one attached hydrogen (secondary N) is 2. The number of amides is 2. The molecule has 0 bridgehead atoms. The smallest absolute Gasteiger partial charge is 0.229 e. The van der Waals surface area contributed by atoms with Crippen LogP contribution in [-0.4, -0.2) is 33.0 Å². The van der Waals surface area contributed by atoms with E-state index in [0.29, 0.717) is 18.7 Å². The van der Waals surface area contributed by atoms with Gasteiger partial charge in [0.1, 0.15) is 0 Å². The normalized spacial score (nSPS) is 13.8. The molecule has 1 aliphatic rings. The van der Waals surface area contributed by atoms with Crippen LogP contribution in [0.1, 0.15) is 24.0 Å². The van der Waals surface area contributed by atoms with Crippen molar-refractivity contribution in [3.8, 4) is 0 Å². The minimum atomic E-state index is -3.35. The third-order valence-corrected chi connectivity index (χ3v) is 5.08. The Balaban J connectivity index is 1.54. The Morgan fingerprint density at radius 3 is 2.68 bits per heavy atom. The van der Waals surface area contributed by atoms with E-state index in [1.807, 2.05) is 24.3 Å². The van der Waals surface area contributed by atoms with Crippen LogP contribution in [0.25, 0.3) is 0 Å². The first-order valence-electron chi connectivity index (χ1n) is 9.03. The molecule has 0 radical (unpaired) electrons. The lowest BCUT2D eigenvalue weighted by Gasteiger charge is -2.29. The van der Waals surface area contributed by atoms with Gasteiger partial charge in [0.25, 0.3) is 0 Å². The van der Waals surface area contributed by atoms with Crippen LogP contribution in [0.5, 0.6) is 0 Å².